The summed E-state index contributed by atoms with van der Waals surface area (Å²) in [5, 5.41) is 2.97. The zero-order valence-corrected chi connectivity index (χ0v) is 14.8. The van der Waals surface area contributed by atoms with Crippen molar-refractivity contribution in [1.29, 1.82) is 0 Å². The third kappa shape index (κ3) is 3.70. The van der Waals surface area contributed by atoms with Crippen LogP contribution in [0.1, 0.15) is 34.5 Å². The second-order valence-corrected chi connectivity index (χ2v) is 6.27. The van der Waals surface area contributed by atoms with Gasteiger partial charge in [-0.15, -0.1) is 0 Å². The van der Waals surface area contributed by atoms with Gasteiger partial charge in [0, 0.05) is 10.6 Å². The van der Waals surface area contributed by atoms with Crippen molar-refractivity contribution >= 4 is 29.5 Å². The molecule has 3 amide bonds. The Labute approximate surface area is 155 Å². The number of imide groups is 1. The highest BCUT2D eigenvalue weighted by Gasteiger charge is 2.29. The van der Waals surface area contributed by atoms with E-state index in [9.17, 15) is 14.4 Å². The van der Waals surface area contributed by atoms with Gasteiger partial charge in [-0.25, -0.2) is 9.59 Å². The SMILES string of the molecule is CC(OC(=O)c1ccccc1CN1C(=O)CNC1=O)c1ccccc1Cl. The standard InChI is InChI=1S/C19H17ClN2O4/c1-12(14-7-4-5-9-16(14)20)26-18(24)15-8-3-2-6-13(15)11-22-17(23)10-21-19(22)25/h2-9,12H,10-11H2,1H3,(H,21,25). The van der Waals surface area contributed by atoms with Crippen LogP contribution in [0.3, 0.4) is 0 Å². The van der Waals surface area contributed by atoms with Gasteiger partial charge < -0.3 is 10.1 Å². The number of nitrogens with one attached hydrogen (secondary N) is 1. The number of amides is 3. The van der Waals surface area contributed by atoms with E-state index in [0.29, 0.717) is 21.7 Å². The van der Waals surface area contributed by atoms with E-state index in [1.54, 1.807) is 49.4 Å². The minimum absolute atomic E-state index is 0.0103. The molecule has 7 heteroatoms. The zero-order chi connectivity index (χ0) is 18.7. The molecule has 2 aromatic carbocycles. The van der Waals surface area contributed by atoms with Gasteiger partial charge in [0.1, 0.15) is 6.10 Å². The molecule has 0 spiro atoms. The molecular weight excluding hydrogens is 356 g/mol. The third-order valence-electron chi connectivity index (χ3n) is 4.13. The fraction of sp³-hybridized carbons (Fsp3) is 0.211. The van der Waals surface area contributed by atoms with Crippen LogP contribution < -0.4 is 5.32 Å². The molecule has 0 aliphatic carbocycles. The first-order chi connectivity index (χ1) is 12.5. The van der Waals surface area contributed by atoms with E-state index in [0.717, 1.165) is 4.90 Å². The molecule has 1 atom stereocenters. The second kappa shape index (κ2) is 7.58. The lowest BCUT2D eigenvalue weighted by atomic mass is 10.1. The lowest BCUT2D eigenvalue weighted by molar-refractivity contribution is -0.125. The maximum atomic E-state index is 12.6. The van der Waals surface area contributed by atoms with Gasteiger partial charge >= 0.3 is 12.0 Å². The molecule has 0 saturated carbocycles. The second-order valence-electron chi connectivity index (χ2n) is 5.86. The maximum Gasteiger partial charge on any atom is 0.339 e. The molecule has 1 unspecified atom stereocenters. The van der Waals surface area contributed by atoms with Crippen molar-refractivity contribution in [2.75, 3.05) is 6.54 Å². The van der Waals surface area contributed by atoms with Gasteiger partial charge in [0.15, 0.2) is 0 Å². The van der Waals surface area contributed by atoms with Crippen molar-refractivity contribution in [3.63, 3.8) is 0 Å². The number of benzene rings is 2. The van der Waals surface area contributed by atoms with E-state index in [-0.39, 0.29) is 19.0 Å². The minimum atomic E-state index is -0.542. The number of rotatable bonds is 5. The minimum Gasteiger partial charge on any atom is -0.454 e. The Morgan fingerprint density at radius 1 is 1.19 bits per heavy atom. The molecular formula is C19H17ClN2O4. The van der Waals surface area contributed by atoms with Crippen molar-refractivity contribution in [2.24, 2.45) is 0 Å². The number of hydrogen-bond donors (Lipinski definition) is 1. The predicted molar refractivity (Wildman–Crippen MR) is 95.7 cm³/mol. The molecule has 0 radical (unpaired) electrons. The highest BCUT2D eigenvalue weighted by atomic mass is 35.5. The Balaban J connectivity index is 1.79. The van der Waals surface area contributed by atoms with Crippen LogP contribution in [-0.2, 0) is 16.1 Å². The summed E-state index contributed by atoms with van der Waals surface area (Å²) in [6, 6.07) is 13.4. The first kappa shape index (κ1) is 17.9. The van der Waals surface area contributed by atoms with Crippen molar-refractivity contribution < 1.29 is 19.1 Å². The molecule has 0 aromatic heterocycles. The normalized spacial score (nSPS) is 14.9. The van der Waals surface area contributed by atoms with Crippen LogP contribution in [0.2, 0.25) is 5.02 Å². The largest absolute Gasteiger partial charge is 0.454 e. The van der Waals surface area contributed by atoms with E-state index >= 15 is 0 Å². The molecule has 6 nitrogen and oxygen atoms in total. The molecule has 1 fully saturated rings. The topological polar surface area (TPSA) is 75.7 Å². The van der Waals surface area contributed by atoms with Gasteiger partial charge in [0.2, 0.25) is 5.91 Å². The Hall–Kier alpha value is -2.86. The van der Waals surface area contributed by atoms with E-state index in [1.807, 2.05) is 6.07 Å². The first-order valence-corrected chi connectivity index (χ1v) is 8.46. The molecule has 0 bridgehead atoms. The summed E-state index contributed by atoms with van der Waals surface area (Å²) in [6.45, 7) is 1.71. The number of hydrogen-bond acceptors (Lipinski definition) is 4. The van der Waals surface area contributed by atoms with Gasteiger partial charge in [-0.3, -0.25) is 9.69 Å². The quantitative estimate of drug-likeness (QED) is 0.645. The molecule has 1 aliphatic heterocycles. The summed E-state index contributed by atoms with van der Waals surface area (Å²) < 4.78 is 5.53. The van der Waals surface area contributed by atoms with Crippen LogP contribution in [-0.4, -0.2) is 29.4 Å². The highest BCUT2D eigenvalue weighted by Crippen LogP contribution is 2.26. The molecule has 2 aromatic rings. The molecule has 26 heavy (non-hydrogen) atoms. The number of esters is 1. The number of nitrogens with zero attached hydrogens (tertiary/aromatic N) is 1. The van der Waals surface area contributed by atoms with Crippen molar-refractivity contribution in [3.8, 4) is 0 Å². The molecule has 134 valence electrons. The molecule has 3 rings (SSSR count). The number of ether oxygens (including phenoxy) is 1. The number of carbonyl (C=O) groups excluding carboxylic acids is 3. The van der Waals surface area contributed by atoms with Crippen LogP contribution >= 0.6 is 11.6 Å². The smallest absolute Gasteiger partial charge is 0.339 e. The molecule has 1 aliphatic rings. The van der Waals surface area contributed by atoms with E-state index in [4.69, 9.17) is 16.3 Å². The predicted octanol–water partition coefficient (Wildman–Crippen LogP) is 3.31. The Morgan fingerprint density at radius 3 is 2.58 bits per heavy atom. The first-order valence-electron chi connectivity index (χ1n) is 8.09. The Kier molecular flexibility index (Phi) is 5.23. The van der Waals surface area contributed by atoms with Crippen LogP contribution in [0.25, 0.3) is 0 Å². The van der Waals surface area contributed by atoms with Crippen molar-refractivity contribution in [2.45, 2.75) is 19.6 Å². The molecule has 1 saturated heterocycles. The lowest BCUT2D eigenvalue weighted by Gasteiger charge is -2.18. The zero-order valence-electron chi connectivity index (χ0n) is 14.1. The summed E-state index contributed by atoms with van der Waals surface area (Å²) >= 11 is 6.15. The van der Waals surface area contributed by atoms with Crippen molar-refractivity contribution in [3.05, 3.63) is 70.2 Å². The Bertz CT molecular complexity index is 852. The lowest BCUT2D eigenvalue weighted by Crippen LogP contribution is -2.31. The van der Waals surface area contributed by atoms with E-state index < -0.39 is 18.1 Å². The van der Waals surface area contributed by atoms with Gasteiger partial charge in [0.05, 0.1) is 18.7 Å². The van der Waals surface area contributed by atoms with Crippen LogP contribution in [0.15, 0.2) is 48.5 Å². The molecule has 1 heterocycles. The average Bonchev–Trinajstić information content (AvgIpc) is 2.94. The monoisotopic (exact) mass is 372 g/mol. The van der Waals surface area contributed by atoms with E-state index in [2.05, 4.69) is 5.32 Å². The fourth-order valence-electron chi connectivity index (χ4n) is 2.74. The number of halogens is 1. The summed E-state index contributed by atoms with van der Waals surface area (Å²) in [6.07, 6.45) is -0.541. The number of carbonyl (C=O) groups is 3. The summed E-state index contributed by atoms with van der Waals surface area (Å²) in [4.78, 5) is 37.2. The Morgan fingerprint density at radius 2 is 1.88 bits per heavy atom. The average molecular weight is 373 g/mol. The maximum absolute atomic E-state index is 12.6. The van der Waals surface area contributed by atoms with Gasteiger partial charge in [-0.05, 0) is 24.6 Å². The summed E-state index contributed by atoms with van der Waals surface area (Å²) in [7, 11) is 0. The summed E-state index contributed by atoms with van der Waals surface area (Å²) in [5.41, 5.74) is 1.54. The van der Waals surface area contributed by atoms with Gasteiger partial charge in [0.25, 0.3) is 0 Å². The fourth-order valence-corrected chi connectivity index (χ4v) is 3.02. The van der Waals surface area contributed by atoms with Crippen molar-refractivity contribution in [1.82, 2.24) is 10.2 Å². The highest BCUT2D eigenvalue weighted by molar-refractivity contribution is 6.31. The van der Waals surface area contributed by atoms with E-state index in [1.165, 1.54) is 0 Å². The molecule has 1 N–H and O–H groups in total. The van der Waals surface area contributed by atoms with Crippen LogP contribution in [0.4, 0.5) is 4.79 Å². The van der Waals surface area contributed by atoms with Crippen LogP contribution in [0.5, 0.6) is 0 Å². The number of urea groups is 1. The van der Waals surface area contributed by atoms with Gasteiger partial charge in [-0.1, -0.05) is 48.0 Å². The van der Waals surface area contributed by atoms with Crippen LogP contribution in [0, 0.1) is 0 Å². The third-order valence-corrected chi connectivity index (χ3v) is 4.47. The summed E-state index contributed by atoms with van der Waals surface area (Å²) in [5.74, 6) is -0.873. The van der Waals surface area contributed by atoms with Gasteiger partial charge in [-0.2, -0.15) is 0 Å².